The summed E-state index contributed by atoms with van der Waals surface area (Å²) in [5.41, 5.74) is 4.72. The molecule has 23 heteroatoms. The molecule has 442 valence electrons. The van der Waals surface area contributed by atoms with Gasteiger partial charge in [0.2, 0.25) is 0 Å². The van der Waals surface area contributed by atoms with Gasteiger partial charge in [-0.25, -0.2) is 13.9 Å². The van der Waals surface area contributed by atoms with Crippen LogP contribution in [-0.2, 0) is 51.1 Å². The second-order valence-electron chi connectivity index (χ2n) is 19.9. The minimum atomic E-state index is -5.73. The third-order valence-corrected chi connectivity index (χ3v) is 15.8. The van der Waals surface area contributed by atoms with Crippen molar-refractivity contribution in [3.8, 4) is 0 Å². The van der Waals surface area contributed by atoms with Crippen molar-refractivity contribution in [2.75, 3.05) is 25.6 Å². The van der Waals surface area contributed by atoms with E-state index >= 15 is 0 Å². The van der Waals surface area contributed by atoms with Crippen molar-refractivity contribution in [3.05, 3.63) is 83.5 Å². The molecule has 0 radical (unpaired) electrons. The Morgan fingerprint density at radius 1 is 0.833 bits per heavy atom. The van der Waals surface area contributed by atoms with E-state index in [1.54, 1.807) is 12.2 Å². The van der Waals surface area contributed by atoms with E-state index in [0.29, 0.717) is 19.3 Å². The normalized spacial score (nSPS) is 28.2. The van der Waals surface area contributed by atoms with Crippen molar-refractivity contribution in [1.29, 1.82) is 0 Å². The molecule has 0 amide bonds. The molecule has 2 unspecified atom stereocenters. The van der Waals surface area contributed by atoms with Gasteiger partial charge in [-0.1, -0.05) is 139 Å². The van der Waals surface area contributed by atoms with Crippen LogP contribution in [0.2, 0.25) is 0 Å². The van der Waals surface area contributed by atoms with E-state index in [2.05, 4.69) is 52.7 Å². The molecule has 3 heterocycles. The van der Waals surface area contributed by atoms with Crippen LogP contribution >= 0.6 is 15.6 Å². The fraction of sp³-hybridized carbons (Fsp3) is 0.691. The Kier molecular flexibility index (Phi) is 33.9. The van der Waals surface area contributed by atoms with E-state index in [-0.39, 0.29) is 37.9 Å². The van der Waals surface area contributed by atoms with Crippen molar-refractivity contribution in [2.24, 2.45) is 11.8 Å². The van der Waals surface area contributed by atoms with Crippen LogP contribution in [0.3, 0.4) is 0 Å². The number of hydrogen-bond acceptors (Lipinski definition) is 18. The van der Waals surface area contributed by atoms with Crippen LogP contribution in [0.5, 0.6) is 0 Å². The number of ketones is 1. The number of unbranched alkanes of at least 4 members (excludes halogenated alkanes) is 12. The van der Waals surface area contributed by atoms with E-state index < -0.39 is 120 Å². The quantitative estimate of drug-likeness (QED) is 0.0187. The minimum absolute atomic E-state index is 0.0585. The third-order valence-electron chi connectivity index (χ3n) is 13.2. The van der Waals surface area contributed by atoms with Crippen molar-refractivity contribution < 1.29 is 81.3 Å². The molecule has 1 saturated heterocycles. The summed E-state index contributed by atoms with van der Waals surface area (Å²) in [4.78, 5) is 78.4. The number of carbonyl (C=O) groups is 3. The lowest BCUT2D eigenvalue weighted by Gasteiger charge is -2.38. The monoisotopic (exact) mass is 1140 g/mol. The van der Waals surface area contributed by atoms with Crippen LogP contribution < -0.4 is 11.4 Å². The maximum atomic E-state index is 14.3. The van der Waals surface area contributed by atoms with Gasteiger partial charge in [0, 0.05) is 31.4 Å². The first-order valence-electron chi connectivity index (χ1n) is 27.9. The second-order valence-corrected chi connectivity index (χ2v) is 22.9. The second kappa shape index (κ2) is 38.7. The summed E-state index contributed by atoms with van der Waals surface area (Å²) in [6, 6.07) is 1.21. The molecule has 2 aliphatic rings. The largest absolute Gasteiger partial charge is 0.481 e. The van der Waals surface area contributed by atoms with Crippen molar-refractivity contribution in [1.82, 2.24) is 9.55 Å². The zero-order chi connectivity index (χ0) is 57.2. The highest BCUT2D eigenvalue weighted by Crippen LogP contribution is 2.60. The van der Waals surface area contributed by atoms with Crippen molar-refractivity contribution in [3.63, 3.8) is 0 Å². The molecule has 2 aliphatic heterocycles. The number of ether oxygens (including phenoxy) is 3. The molecule has 0 aliphatic carbocycles. The number of nitrogens with zero attached hydrogens (tertiary/aromatic N) is 2. The van der Waals surface area contributed by atoms with E-state index in [1.807, 2.05) is 6.92 Å². The minimum Gasteiger partial charge on any atom is -0.462 e. The molecular formula is C55H89N3O18P2. The molecule has 2 bridgehead atoms. The molecule has 1 aromatic heterocycles. The molecular weight excluding hydrogens is 1050 g/mol. The predicted molar refractivity (Wildman–Crippen MR) is 294 cm³/mol. The highest BCUT2D eigenvalue weighted by atomic mass is 31.3. The van der Waals surface area contributed by atoms with Crippen LogP contribution in [0.15, 0.2) is 77.8 Å². The molecule has 8 N–H and O–H groups in total. The Morgan fingerprint density at radius 2 is 1.45 bits per heavy atom. The molecule has 21 nitrogen and oxygen atoms in total. The van der Waals surface area contributed by atoms with Gasteiger partial charge < -0.3 is 50.2 Å². The van der Waals surface area contributed by atoms with Gasteiger partial charge in [-0.15, -0.1) is 0 Å². The van der Waals surface area contributed by atoms with Gasteiger partial charge in [0.25, 0.3) is 0 Å². The predicted octanol–water partition coefficient (Wildman–Crippen LogP) is 8.87. The van der Waals surface area contributed by atoms with E-state index in [9.17, 15) is 58.5 Å². The number of nitrogen functional groups attached to an aromatic ring is 1. The number of aliphatic hydroxyl groups is 4. The van der Waals surface area contributed by atoms with Crippen LogP contribution in [0.4, 0.5) is 5.82 Å². The first-order chi connectivity index (χ1) is 37.4. The van der Waals surface area contributed by atoms with Crippen LogP contribution in [0.1, 0.15) is 174 Å². The average Bonchev–Trinajstić information content (AvgIpc) is 3.39. The number of carbonyl (C=O) groups excluding carboxylic acids is 3. The van der Waals surface area contributed by atoms with Gasteiger partial charge in [0.15, 0.2) is 6.10 Å². The number of phosphoric acid groups is 2. The standard InChI is InChI=1S/C55H89N3O18P2/c1-3-5-7-8-9-10-11-12-13-14-15-16-17-18-19-20-21-22-23-28-32-50(62)71-39-43-40-72-77(67,68)76-78(69,70)73-41-48-53(65)52(64)44(35-34-42(59)30-26-6-4-2)46(60)38-47(61)45(31-27-24-25-29-33-51(63)74-43)54(75-48)58-37-36-49(56)57-55(58)66/h10-11,13-14,16-17,24,27,34-37,42-46,48,52-54,59-60,64-65H,3-9,12,15,18-23,25-26,28-33,38-41H2,1-2H3,(H,67,68)(H,69,70)(H2,56,57,66)/b11-10-,14-13-,17-16-,27-24?,35-34+/t42-,43+,44-,45-,46+,48+,52-,53+,54+/m0/s1. The highest BCUT2D eigenvalue weighted by Gasteiger charge is 2.45. The van der Waals surface area contributed by atoms with E-state index in [4.69, 9.17) is 29.0 Å². The number of Topliss-reactive ketones (excluding diaryl/α,β-unsaturated/α-hetero) is 1. The van der Waals surface area contributed by atoms with Gasteiger partial charge in [0.05, 0.1) is 37.4 Å². The molecule has 11 atom stereocenters. The van der Waals surface area contributed by atoms with Crippen molar-refractivity contribution in [2.45, 2.75) is 211 Å². The summed E-state index contributed by atoms with van der Waals surface area (Å²) in [5, 5.41) is 45.5. The van der Waals surface area contributed by atoms with Gasteiger partial charge in [-0.2, -0.15) is 9.29 Å². The molecule has 1 fully saturated rings. The summed E-state index contributed by atoms with van der Waals surface area (Å²) < 4.78 is 58.9. The zero-order valence-electron chi connectivity index (χ0n) is 45.7. The van der Waals surface area contributed by atoms with Gasteiger partial charge in [-0.3, -0.25) is 28.0 Å². The lowest BCUT2D eigenvalue weighted by atomic mass is 9.83. The number of allylic oxidation sites excluding steroid dienone is 8. The maximum absolute atomic E-state index is 14.3. The Labute approximate surface area is 460 Å². The molecule has 1 aromatic rings. The van der Waals surface area contributed by atoms with Crippen LogP contribution in [-0.4, -0.2) is 114 Å². The summed E-state index contributed by atoms with van der Waals surface area (Å²) in [5.74, 6) is -5.15. The Balaban J connectivity index is 1.68. The number of rotatable bonds is 27. The number of hydrogen-bond donors (Lipinski definition) is 7. The Hall–Kier alpha value is -3.95. The number of phosphoric ester groups is 2. The fourth-order valence-electron chi connectivity index (χ4n) is 8.72. The number of esters is 2. The maximum Gasteiger partial charge on any atom is 0.481 e. The topological polar surface area (TPSA) is 323 Å². The van der Waals surface area contributed by atoms with E-state index in [0.717, 1.165) is 81.4 Å². The van der Waals surface area contributed by atoms with E-state index in [1.165, 1.54) is 43.9 Å². The first kappa shape index (κ1) is 68.3. The van der Waals surface area contributed by atoms with Gasteiger partial charge in [0.1, 0.15) is 36.6 Å². The number of nitrogens with two attached hydrogens (primary N) is 1. The summed E-state index contributed by atoms with van der Waals surface area (Å²) in [7, 11) is -11.3. The fourth-order valence-corrected chi connectivity index (χ4v) is 10.8. The van der Waals surface area contributed by atoms with Gasteiger partial charge >= 0.3 is 33.3 Å². The summed E-state index contributed by atoms with van der Waals surface area (Å²) >= 11 is 0. The number of cyclic esters (lactones) is 1. The lowest BCUT2D eigenvalue weighted by Crippen LogP contribution is -2.51. The molecule has 78 heavy (non-hydrogen) atoms. The summed E-state index contributed by atoms with van der Waals surface area (Å²) in [6.07, 6.45) is 24.7. The number of aromatic nitrogens is 2. The van der Waals surface area contributed by atoms with Gasteiger partial charge in [-0.05, 0) is 76.7 Å². The number of aliphatic hydroxyl groups excluding tert-OH is 4. The first-order valence-corrected chi connectivity index (χ1v) is 30.9. The molecule has 0 aromatic carbocycles. The summed E-state index contributed by atoms with van der Waals surface area (Å²) in [6.45, 7) is 1.43. The van der Waals surface area contributed by atoms with Crippen LogP contribution in [0, 0.1) is 11.8 Å². The smallest absolute Gasteiger partial charge is 0.462 e. The molecule has 0 saturated carbocycles. The molecule has 3 rings (SSSR count). The average molecular weight is 1140 g/mol. The third kappa shape index (κ3) is 28.5. The highest BCUT2D eigenvalue weighted by molar-refractivity contribution is 7.61. The zero-order valence-corrected chi connectivity index (χ0v) is 47.5. The van der Waals surface area contributed by atoms with Crippen molar-refractivity contribution >= 4 is 39.2 Å². The number of fused-ring (bicyclic) bond motifs is 3. The molecule has 0 spiro atoms. The Bertz CT molecular complexity index is 2220. The SMILES string of the molecule is CCCCCC/C=C\C/C=C\C/C=C\CCCCCCCCC(=O)OC[C@@H]1COP(=O)(O)OP(=O)(O)OC[C@H]2O[C@@H](n3ccc(N)nc3=O)[C@@H](CC=CCCCC(=O)O1)C(=O)C[C@@H](O)[C@H](/C=C/[C@@H](O)CCCCC)[C@H](O)[C@@H]2O. The Morgan fingerprint density at radius 3 is 2.12 bits per heavy atom. The lowest BCUT2D eigenvalue weighted by molar-refractivity contribution is -0.183. The number of anilines is 1. The van der Waals surface area contributed by atoms with Crippen LogP contribution in [0.25, 0.3) is 0 Å².